The van der Waals surface area contributed by atoms with Gasteiger partial charge in [-0.1, -0.05) is 13.3 Å². The summed E-state index contributed by atoms with van der Waals surface area (Å²) in [6, 6.07) is 3.56. The smallest absolute Gasteiger partial charge is 0.129 e. The number of aliphatic hydroxyl groups excluding tert-OH is 1. The van der Waals surface area contributed by atoms with Crippen LogP contribution in [0.2, 0.25) is 0 Å². The molecule has 2 nitrogen and oxygen atoms in total. The van der Waals surface area contributed by atoms with E-state index in [1.54, 1.807) is 0 Å². The predicted octanol–water partition coefficient (Wildman–Crippen LogP) is 3.56. The summed E-state index contributed by atoms with van der Waals surface area (Å²) in [6.07, 6.45) is 4.82. The first-order chi connectivity index (χ1) is 9.60. The monoisotopic (exact) mass is 283 g/mol. The van der Waals surface area contributed by atoms with Crippen molar-refractivity contribution in [1.82, 2.24) is 5.32 Å². The third-order valence-electron chi connectivity index (χ3n) is 4.34. The van der Waals surface area contributed by atoms with Crippen molar-refractivity contribution in [2.45, 2.75) is 51.2 Å². The number of rotatable bonds is 5. The van der Waals surface area contributed by atoms with E-state index >= 15 is 0 Å². The van der Waals surface area contributed by atoms with Crippen molar-refractivity contribution >= 4 is 0 Å². The fraction of sp³-hybridized carbons (Fsp3) is 0.625. The lowest BCUT2D eigenvalue weighted by molar-refractivity contribution is 0.157. The van der Waals surface area contributed by atoms with Crippen LogP contribution in [-0.2, 0) is 0 Å². The second-order valence-corrected chi connectivity index (χ2v) is 5.72. The second kappa shape index (κ2) is 7.14. The van der Waals surface area contributed by atoms with E-state index in [4.69, 9.17) is 0 Å². The van der Waals surface area contributed by atoms with Crippen molar-refractivity contribution in [2.24, 2.45) is 5.92 Å². The Hall–Kier alpha value is -1.00. The number of hydrogen-bond donors (Lipinski definition) is 2. The van der Waals surface area contributed by atoms with Gasteiger partial charge < -0.3 is 10.4 Å². The van der Waals surface area contributed by atoms with Gasteiger partial charge in [-0.15, -0.1) is 0 Å². The summed E-state index contributed by atoms with van der Waals surface area (Å²) < 4.78 is 26.6. The van der Waals surface area contributed by atoms with Gasteiger partial charge in [0, 0.05) is 18.2 Å². The number of aliphatic hydroxyl groups is 1. The van der Waals surface area contributed by atoms with Crippen LogP contribution in [0, 0.1) is 17.6 Å². The van der Waals surface area contributed by atoms with Crippen LogP contribution in [0.15, 0.2) is 18.2 Å². The van der Waals surface area contributed by atoms with Gasteiger partial charge in [0.2, 0.25) is 0 Å². The summed E-state index contributed by atoms with van der Waals surface area (Å²) in [7, 11) is 0. The van der Waals surface area contributed by atoms with E-state index in [1.165, 1.54) is 19.3 Å². The fourth-order valence-corrected chi connectivity index (χ4v) is 2.93. The molecule has 0 heterocycles. The zero-order valence-corrected chi connectivity index (χ0v) is 11.9. The van der Waals surface area contributed by atoms with Crippen LogP contribution in [0.5, 0.6) is 0 Å². The zero-order chi connectivity index (χ0) is 14.5. The largest absolute Gasteiger partial charge is 0.387 e. The maximum Gasteiger partial charge on any atom is 0.129 e. The summed E-state index contributed by atoms with van der Waals surface area (Å²) in [6.45, 7) is 2.48. The maximum atomic E-state index is 13.5. The Morgan fingerprint density at radius 2 is 1.95 bits per heavy atom. The minimum Gasteiger partial charge on any atom is -0.387 e. The van der Waals surface area contributed by atoms with Crippen molar-refractivity contribution in [3.63, 3.8) is 0 Å². The molecule has 1 aromatic carbocycles. The molecule has 1 aliphatic rings. The highest BCUT2D eigenvalue weighted by Crippen LogP contribution is 2.27. The van der Waals surface area contributed by atoms with Crippen molar-refractivity contribution in [3.05, 3.63) is 35.4 Å². The minimum atomic E-state index is -1.01. The van der Waals surface area contributed by atoms with E-state index in [0.717, 1.165) is 37.0 Å². The lowest BCUT2D eigenvalue weighted by Gasteiger charge is -2.29. The predicted molar refractivity (Wildman–Crippen MR) is 75.4 cm³/mol. The third-order valence-corrected chi connectivity index (χ3v) is 4.34. The van der Waals surface area contributed by atoms with Gasteiger partial charge in [0.15, 0.2) is 0 Å². The van der Waals surface area contributed by atoms with Gasteiger partial charge in [-0.05, 0) is 49.8 Å². The molecule has 0 saturated heterocycles. The van der Waals surface area contributed by atoms with Crippen molar-refractivity contribution in [2.75, 3.05) is 6.54 Å². The van der Waals surface area contributed by atoms with E-state index in [1.807, 2.05) is 0 Å². The Balaban J connectivity index is 1.83. The average molecular weight is 283 g/mol. The molecular formula is C16H23F2NO. The van der Waals surface area contributed by atoms with Crippen LogP contribution in [0.25, 0.3) is 0 Å². The Labute approximate surface area is 119 Å². The Morgan fingerprint density at radius 3 is 2.60 bits per heavy atom. The van der Waals surface area contributed by atoms with Crippen LogP contribution in [0.1, 0.15) is 50.7 Å². The Morgan fingerprint density at radius 1 is 1.25 bits per heavy atom. The van der Waals surface area contributed by atoms with Crippen LogP contribution in [-0.4, -0.2) is 17.7 Å². The highest BCUT2D eigenvalue weighted by atomic mass is 19.1. The van der Waals surface area contributed by atoms with Gasteiger partial charge in [-0.25, -0.2) is 8.78 Å². The normalized spacial score (nSPS) is 24.6. The number of hydrogen-bond acceptors (Lipinski definition) is 2. The second-order valence-electron chi connectivity index (χ2n) is 5.72. The SMILES string of the molecule is CCC1CCC(NCC(O)c2cc(F)ccc2F)CC1. The highest BCUT2D eigenvalue weighted by molar-refractivity contribution is 5.21. The molecule has 1 atom stereocenters. The highest BCUT2D eigenvalue weighted by Gasteiger charge is 2.21. The molecule has 0 aromatic heterocycles. The molecule has 0 amide bonds. The molecule has 1 unspecified atom stereocenters. The quantitative estimate of drug-likeness (QED) is 0.866. The van der Waals surface area contributed by atoms with Gasteiger partial charge in [-0.2, -0.15) is 0 Å². The summed E-state index contributed by atoms with van der Waals surface area (Å²) >= 11 is 0. The van der Waals surface area contributed by atoms with Gasteiger partial charge in [0.05, 0.1) is 6.10 Å². The molecule has 112 valence electrons. The molecule has 2 N–H and O–H groups in total. The lowest BCUT2D eigenvalue weighted by Crippen LogP contribution is -2.36. The molecule has 4 heteroatoms. The first kappa shape index (κ1) is 15.4. The van der Waals surface area contributed by atoms with Gasteiger partial charge in [0.25, 0.3) is 0 Å². The van der Waals surface area contributed by atoms with E-state index < -0.39 is 17.7 Å². The van der Waals surface area contributed by atoms with Crippen molar-refractivity contribution in [3.8, 4) is 0 Å². The van der Waals surface area contributed by atoms with Crippen LogP contribution >= 0.6 is 0 Å². The molecule has 0 radical (unpaired) electrons. The van der Waals surface area contributed by atoms with Gasteiger partial charge in [0.1, 0.15) is 11.6 Å². The summed E-state index contributed by atoms with van der Waals surface area (Å²) in [5.41, 5.74) is 0.0275. The fourth-order valence-electron chi connectivity index (χ4n) is 2.93. The molecule has 1 saturated carbocycles. The summed E-state index contributed by atoms with van der Waals surface area (Å²) in [5.74, 6) is -0.266. The van der Waals surface area contributed by atoms with Crippen molar-refractivity contribution in [1.29, 1.82) is 0 Å². The average Bonchev–Trinajstić information content (AvgIpc) is 2.47. The Bertz CT molecular complexity index is 430. The number of nitrogens with one attached hydrogen (secondary N) is 1. The lowest BCUT2D eigenvalue weighted by atomic mass is 9.84. The first-order valence-electron chi connectivity index (χ1n) is 7.46. The number of benzene rings is 1. The van der Waals surface area contributed by atoms with E-state index in [-0.39, 0.29) is 12.1 Å². The molecule has 2 rings (SSSR count). The van der Waals surface area contributed by atoms with Gasteiger partial charge >= 0.3 is 0 Å². The van der Waals surface area contributed by atoms with E-state index in [0.29, 0.717) is 6.04 Å². The van der Waals surface area contributed by atoms with Gasteiger partial charge in [-0.3, -0.25) is 0 Å². The van der Waals surface area contributed by atoms with Crippen molar-refractivity contribution < 1.29 is 13.9 Å². The zero-order valence-electron chi connectivity index (χ0n) is 11.9. The first-order valence-corrected chi connectivity index (χ1v) is 7.46. The van der Waals surface area contributed by atoms with Crippen LogP contribution < -0.4 is 5.32 Å². The minimum absolute atomic E-state index is 0.0275. The molecule has 1 aliphatic carbocycles. The third kappa shape index (κ3) is 4.00. The molecule has 0 aliphatic heterocycles. The topological polar surface area (TPSA) is 32.3 Å². The molecule has 1 fully saturated rings. The molecular weight excluding hydrogens is 260 g/mol. The van der Waals surface area contributed by atoms with E-state index in [9.17, 15) is 13.9 Å². The summed E-state index contributed by atoms with van der Waals surface area (Å²) in [5, 5.41) is 13.3. The molecule has 0 spiro atoms. The number of halogens is 2. The van der Waals surface area contributed by atoms with Crippen LogP contribution in [0.4, 0.5) is 8.78 Å². The Kier molecular flexibility index (Phi) is 5.49. The standard InChI is InChI=1S/C16H23F2NO/c1-2-11-3-6-13(7-4-11)19-10-16(20)14-9-12(17)5-8-15(14)18/h5,8-9,11,13,16,19-20H,2-4,6-7,10H2,1H3. The molecule has 1 aromatic rings. The summed E-state index contributed by atoms with van der Waals surface area (Å²) in [4.78, 5) is 0. The maximum absolute atomic E-state index is 13.5. The van der Waals surface area contributed by atoms with E-state index in [2.05, 4.69) is 12.2 Å². The molecule has 20 heavy (non-hydrogen) atoms. The molecule has 0 bridgehead atoms. The van der Waals surface area contributed by atoms with Crippen LogP contribution in [0.3, 0.4) is 0 Å².